The molecule has 146 valence electrons. The molecule has 27 heavy (non-hydrogen) atoms. The molecule has 1 heterocycles. The van der Waals surface area contributed by atoms with Gasteiger partial charge in [0.1, 0.15) is 0 Å². The number of nitrogens with zero attached hydrogens (tertiary/aromatic N) is 1. The second-order valence-corrected chi connectivity index (χ2v) is 7.08. The molecule has 0 radical (unpaired) electrons. The van der Waals surface area contributed by atoms with E-state index in [9.17, 15) is 0 Å². The van der Waals surface area contributed by atoms with Crippen LogP contribution in [0.4, 0.5) is 5.69 Å². The summed E-state index contributed by atoms with van der Waals surface area (Å²) in [6.07, 6.45) is 2.14. The first-order chi connectivity index (χ1) is 13.2. The molecule has 0 aliphatic carbocycles. The van der Waals surface area contributed by atoms with Gasteiger partial charge in [0.2, 0.25) is 5.75 Å². The van der Waals surface area contributed by atoms with Crippen molar-refractivity contribution in [3.8, 4) is 17.2 Å². The molecule has 0 bridgehead atoms. The number of hydrogen-bond donors (Lipinski definition) is 1. The van der Waals surface area contributed by atoms with E-state index >= 15 is 0 Å². The molecule has 3 rings (SSSR count). The molecule has 1 saturated heterocycles. The number of methoxy groups -OCH3 is 3. The highest BCUT2D eigenvalue weighted by Gasteiger charge is 2.22. The Labute approximate surface area is 166 Å². The predicted molar refractivity (Wildman–Crippen MR) is 109 cm³/mol. The lowest BCUT2D eigenvalue weighted by molar-refractivity contribution is 0.208. The van der Waals surface area contributed by atoms with Gasteiger partial charge >= 0.3 is 0 Å². The zero-order valence-electron chi connectivity index (χ0n) is 16.1. The van der Waals surface area contributed by atoms with Crippen LogP contribution in [0.3, 0.4) is 0 Å². The van der Waals surface area contributed by atoms with E-state index in [4.69, 9.17) is 25.8 Å². The van der Waals surface area contributed by atoms with Crippen molar-refractivity contribution in [2.75, 3.05) is 39.7 Å². The fourth-order valence-corrected chi connectivity index (χ4v) is 3.75. The number of halogens is 1. The van der Waals surface area contributed by atoms with Crippen molar-refractivity contribution in [2.45, 2.75) is 25.4 Å². The molecule has 0 amide bonds. The number of nitrogens with one attached hydrogen (secondary N) is 1. The van der Waals surface area contributed by atoms with Gasteiger partial charge in [0.25, 0.3) is 0 Å². The average molecular weight is 391 g/mol. The second kappa shape index (κ2) is 9.20. The minimum atomic E-state index is 0.438. The summed E-state index contributed by atoms with van der Waals surface area (Å²) in [5, 5.41) is 4.34. The molecule has 1 fully saturated rings. The molecular formula is C21H27ClN2O3. The van der Waals surface area contributed by atoms with E-state index in [1.54, 1.807) is 21.3 Å². The van der Waals surface area contributed by atoms with Crippen LogP contribution in [0.25, 0.3) is 0 Å². The van der Waals surface area contributed by atoms with Gasteiger partial charge in [-0.05, 0) is 31.0 Å². The van der Waals surface area contributed by atoms with E-state index in [2.05, 4.69) is 10.2 Å². The highest BCUT2D eigenvalue weighted by Crippen LogP contribution is 2.40. The van der Waals surface area contributed by atoms with E-state index in [0.29, 0.717) is 17.5 Å². The van der Waals surface area contributed by atoms with Crippen LogP contribution in [0.5, 0.6) is 17.2 Å². The summed E-state index contributed by atoms with van der Waals surface area (Å²) in [6, 6.07) is 12.3. The second-order valence-electron chi connectivity index (χ2n) is 6.67. The van der Waals surface area contributed by atoms with Gasteiger partial charge in [0.15, 0.2) is 11.5 Å². The van der Waals surface area contributed by atoms with E-state index < -0.39 is 0 Å². The average Bonchev–Trinajstić information content (AvgIpc) is 2.70. The topological polar surface area (TPSA) is 43.0 Å². The molecule has 0 atom stereocenters. The Bertz CT molecular complexity index is 761. The predicted octanol–water partition coefficient (Wildman–Crippen LogP) is 4.44. The fraction of sp³-hybridized carbons (Fsp3) is 0.429. The highest BCUT2D eigenvalue weighted by molar-refractivity contribution is 6.33. The normalized spacial score (nSPS) is 15.4. The van der Waals surface area contributed by atoms with Gasteiger partial charge in [-0.2, -0.15) is 0 Å². The molecule has 2 aromatic carbocycles. The number of benzene rings is 2. The van der Waals surface area contributed by atoms with Crippen LogP contribution in [0.1, 0.15) is 18.4 Å². The maximum absolute atomic E-state index is 6.26. The number of piperidine rings is 1. The molecule has 0 saturated carbocycles. The van der Waals surface area contributed by atoms with Crippen LogP contribution in [-0.4, -0.2) is 45.4 Å². The lowest BCUT2D eigenvalue weighted by Gasteiger charge is -2.33. The molecule has 1 aliphatic rings. The van der Waals surface area contributed by atoms with E-state index in [1.165, 1.54) is 0 Å². The van der Waals surface area contributed by atoms with Crippen molar-refractivity contribution in [1.82, 2.24) is 4.90 Å². The lowest BCUT2D eigenvalue weighted by atomic mass is 10.0. The lowest BCUT2D eigenvalue weighted by Crippen LogP contribution is -2.38. The first-order valence-corrected chi connectivity index (χ1v) is 9.55. The van der Waals surface area contributed by atoms with Crippen molar-refractivity contribution in [2.24, 2.45) is 0 Å². The summed E-state index contributed by atoms with van der Waals surface area (Å²) in [7, 11) is 4.93. The smallest absolute Gasteiger partial charge is 0.203 e. The van der Waals surface area contributed by atoms with E-state index in [1.807, 2.05) is 36.4 Å². The Balaban J connectivity index is 1.62. The fourth-order valence-electron chi connectivity index (χ4n) is 3.56. The minimum Gasteiger partial charge on any atom is -0.493 e. The number of hydrogen-bond acceptors (Lipinski definition) is 5. The third-order valence-corrected chi connectivity index (χ3v) is 5.33. The van der Waals surface area contributed by atoms with Crippen LogP contribution >= 0.6 is 11.6 Å². The summed E-state index contributed by atoms with van der Waals surface area (Å²) in [4.78, 5) is 2.44. The molecular weight excluding hydrogens is 364 g/mol. The van der Waals surface area contributed by atoms with Gasteiger partial charge in [-0.15, -0.1) is 0 Å². The molecule has 5 nitrogen and oxygen atoms in total. The third kappa shape index (κ3) is 4.60. The number of anilines is 1. The number of ether oxygens (including phenoxy) is 3. The highest BCUT2D eigenvalue weighted by atomic mass is 35.5. The van der Waals surface area contributed by atoms with Crippen LogP contribution in [0, 0.1) is 0 Å². The molecule has 1 aliphatic heterocycles. The van der Waals surface area contributed by atoms with Gasteiger partial charge < -0.3 is 19.5 Å². The maximum Gasteiger partial charge on any atom is 0.203 e. The molecule has 6 heteroatoms. The minimum absolute atomic E-state index is 0.438. The Morgan fingerprint density at radius 2 is 1.67 bits per heavy atom. The van der Waals surface area contributed by atoms with Crippen LogP contribution in [0.2, 0.25) is 5.02 Å². The van der Waals surface area contributed by atoms with Crippen LogP contribution in [-0.2, 0) is 6.54 Å². The van der Waals surface area contributed by atoms with Crippen LogP contribution in [0.15, 0.2) is 36.4 Å². The summed E-state index contributed by atoms with van der Waals surface area (Å²) in [6.45, 7) is 2.85. The van der Waals surface area contributed by atoms with Crippen molar-refractivity contribution in [3.63, 3.8) is 0 Å². The first-order valence-electron chi connectivity index (χ1n) is 9.17. The number of likely N-dealkylation sites (tertiary alicyclic amines) is 1. The van der Waals surface area contributed by atoms with Gasteiger partial charge in [-0.1, -0.05) is 29.8 Å². The van der Waals surface area contributed by atoms with Gasteiger partial charge in [-0.25, -0.2) is 0 Å². The monoisotopic (exact) mass is 390 g/mol. The third-order valence-electron chi connectivity index (χ3n) is 5.00. The number of para-hydroxylation sites is 1. The molecule has 2 aromatic rings. The van der Waals surface area contributed by atoms with Crippen LogP contribution < -0.4 is 19.5 Å². The summed E-state index contributed by atoms with van der Waals surface area (Å²) in [5.74, 6) is 2.07. The zero-order valence-corrected chi connectivity index (χ0v) is 16.9. The summed E-state index contributed by atoms with van der Waals surface area (Å²) in [5.41, 5.74) is 2.12. The number of rotatable bonds is 7. The standard InChI is InChI=1S/C21H27ClN2O3/c1-25-19-9-8-15(20(26-2)21(19)27-3)14-24-12-10-16(11-13-24)23-18-7-5-4-6-17(18)22/h4-9,16,23H,10-14H2,1-3H3. The van der Waals surface area contributed by atoms with Gasteiger partial charge in [-0.3, -0.25) is 4.90 Å². The van der Waals surface area contributed by atoms with Gasteiger partial charge in [0, 0.05) is 31.2 Å². The largest absolute Gasteiger partial charge is 0.493 e. The Morgan fingerprint density at radius 1 is 0.963 bits per heavy atom. The molecule has 1 N–H and O–H groups in total. The Kier molecular flexibility index (Phi) is 6.69. The SMILES string of the molecule is COc1ccc(CN2CCC(Nc3ccccc3Cl)CC2)c(OC)c1OC. The molecule has 0 aromatic heterocycles. The summed E-state index contributed by atoms with van der Waals surface area (Å²) < 4.78 is 16.5. The maximum atomic E-state index is 6.26. The van der Waals surface area contributed by atoms with E-state index in [-0.39, 0.29) is 0 Å². The van der Waals surface area contributed by atoms with Gasteiger partial charge in [0.05, 0.1) is 32.0 Å². The van der Waals surface area contributed by atoms with Crippen molar-refractivity contribution in [1.29, 1.82) is 0 Å². The van der Waals surface area contributed by atoms with Crippen molar-refractivity contribution < 1.29 is 14.2 Å². The molecule has 0 unspecified atom stereocenters. The zero-order chi connectivity index (χ0) is 19.2. The Hall–Kier alpha value is -2.11. The first kappa shape index (κ1) is 19.6. The quantitative estimate of drug-likeness (QED) is 0.756. The molecule has 0 spiro atoms. The van der Waals surface area contributed by atoms with E-state index in [0.717, 1.165) is 54.5 Å². The van der Waals surface area contributed by atoms with Crippen molar-refractivity contribution >= 4 is 17.3 Å². The Morgan fingerprint density at radius 3 is 2.30 bits per heavy atom. The summed E-state index contributed by atoms with van der Waals surface area (Å²) >= 11 is 6.26. The van der Waals surface area contributed by atoms with Crippen molar-refractivity contribution in [3.05, 3.63) is 47.0 Å².